The summed E-state index contributed by atoms with van der Waals surface area (Å²) >= 11 is 3.72. The molecule has 6 aromatic rings. The predicted octanol–water partition coefficient (Wildman–Crippen LogP) is 10.9. The molecule has 0 N–H and O–H groups in total. The Kier molecular flexibility index (Phi) is 5.79. The summed E-state index contributed by atoms with van der Waals surface area (Å²) in [5, 5.41) is 0. The summed E-state index contributed by atoms with van der Waals surface area (Å²) in [6, 6.07) is 53.2. The third-order valence-corrected chi connectivity index (χ3v) is 10.1. The van der Waals surface area contributed by atoms with Crippen LogP contribution in [0.3, 0.4) is 0 Å². The van der Waals surface area contributed by atoms with Crippen molar-refractivity contribution >= 4 is 40.6 Å². The highest BCUT2D eigenvalue weighted by Crippen LogP contribution is 2.51. The first-order chi connectivity index (χ1) is 19.8. The van der Waals surface area contributed by atoms with Gasteiger partial charge in [-0.25, -0.2) is 0 Å². The van der Waals surface area contributed by atoms with Gasteiger partial charge in [0.2, 0.25) is 0 Å². The molecule has 2 aliphatic rings. The minimum absolute atomic E-state index is 0.252. The molecule has 0 unspecified atom stereocenters. The fourth-order valence-electron chi connectivity index (χ4n) is 5.92. The Hall–Kier alpha value is -4.18. The van der Waals surface area contributed by atoms with Crippen molar-refractivity contribution in [2.24, 2.45) is 0 Å². The van der Waals surface area contributed by atoms with Crippen molar-refractivity contribution in [2.75, 3.05) is 4.90 Å². The molecule has 0 atom stereocenters. The van der Waals surface area contributed by atoms with Crippen LogP contribution in [0.25, 0.3) is 11.1 Å². The van der Waals surface area contributed by atoms with Crippen LogP contribution in [0.5, 0.6) is 0 Å². The first kappa shape index (κ1) is 23.7. The second-order valence-corrected chi connectivity index (χ2v) is 12.3. The van der Waals surface area contributed by atoms with Gasteiger partial charge in [0.25, 0.3) is 0 Å². The van der Waals surface area contributed by atoms with E-state index in [4.69, 9.17) is 0 Å². The van der Waals surface area contributed by atoms with Gasteiger partial charge in [-0.1, -0.05) is 121 Å². The van der Waals surface area contributed by atoms with Gasteiger partial charge in [0.1, 0.15) is 0 Å². The molecule has 2 aliphatic heterocycles. The minimum atomic E-state index is 0.252. The number of hydrogen-bond donors (Lipinski definition) is 0. The van der Waals surface area contributed by atoms with E-state index >= 15 is 0 Å². The van der Waals surface area contributed by atoms with E-state index in [9.17, 15) is 0 Å². The predicted molar refractivity (Wildman–Crippen MR) is 169 cm³/mol. The molecule has 0 aromatic heterocycles. The Labute approximate surface area is 243 Å². The van der Waals surface area contributed by atoms with E-state index in [0.717, 1.165) is 0 Å². The first-order valence-electron chi connectivity index (χ1n) is 13.6. The zero-order valence-electron chi connectivity index (χ0n) is 21.7. The van der Waals surface area contributed by atoms with Crippen molar-refractivity contribution in [1.29, 1.82) is 0 Å². The van der Waals surface area contributed by atoms with Crippen LogP contribution in [0.1, 0.15) is 22.6 Å². The van der Waals surface area contributed by atoms with E-state index in [-0.39, 0.29) is 5.92 Å². The Morgan fingerprint density at radius 1 is 0.400 bits per heavy atom. The van der Waals surface area contributed by atoms with E-state index in [1.54, 1.807) is 0 Å². The van der Waals surface area contributed by atoms with Crippen LogP contribution in [0.2, 0.25) is 0 Å². The van der Waals surface area contributed by atoms with Gasteiger partial charge >= 0.3 is 0 Å². The van der Waals surface area contributed by atoms with Crippen molar-refractivity contribution < 1.29 is 0 Å². The normalized spacial score (nSPS) is 13.7. The summed E-state index contributed by atoms with van der Waals surface area (Å²) in [5.41, 5.74) is 10.2. The van der Waals surface area contributed by atoms with E-state index in [1.165, 1.54) is 64.5 Å². The van der Waals surface area contributed by atoms with Crippen LogP contribution in [-0.2, 0) is 0 Å². The zero-order chi connectivity index (χ0) is 26.5. The van der Waals surface area contributed by atoms with Crippen molar-refractivity contribution in [2.45, 2.75) is 25.5 Å². The molecule has 0 saturated heterocycles. The van der Waals surface area contributed by atoms with Crippen LogP contribution >= 0.6 is 23.5 Å². The molecule has 0 bridgehead atoms. The van der Waals surface area contributed by atoms with Gasteiger partial charge in [-0.05, 0) is 76.3 Å². The number of nitrogens with zero attached hydrogens (tertiary/aromatic N) is 1. The third-order valence-electron chi connectivity index (χ3n) is 7.82. The lowest BCUT2D eigenvalue weighted by atomic mass is 9.84. The van der Waals surface area contributed by atoms with Crippen molar-refractivity contribution in [1.82, 2.24) is 0 Å². The highest BCUT2D eigenvalue weighted by molar-refractivity contribution is 8.00. The molecule has 190 valence electrons. The Morgan fingerprint density at radius 2 is 0.825 bits per heavy atom. The largest absolute Gasteiger partial charge is 0.308 e. The van der Waals surface area contributed by atoms with Crippen LogP contribution in [0.15, 0.2) is 165 Å². The lowest BCUT2D eigenvalue weighted by Gasteiger charge is -2.32. The second kappa shape index (κ2) is 9.78. The molecule has 0 radical (unpaired) electrons. The maximum Gasteiger partial charge on any atom is 0.0601 e. The molecule has 3 heteroatoms. The second-order valence-electron chi connectivity index (χ2n) is 10.2. The SMILES string of the molecule is c1ccc2c(c1)Sc1ccccc1C2c1ccc(-c2ccc(N3c4ccccc4Sc4ccccc43)cc2)cc1. The van der Waals surface area contributed by atoms with E-state index < -0.39 is 0 Å². The number of benzene rings is 6. The topological polar surface area (TPSA) is 3.24 Å². The molecule has 1 nitrogen and oxygen atoms in total. The molecule has 0 amide bonds. The maximum atomic E-state index is 2.38. The molecular weight excluding hydrogens is 523 g/mol. The average molecular weight is 548 g/mol. The lowest BCUT2D eigenvalue weighted by Crippen LogP contribution is -2.14. The molecular formula is C37H25NS2. The molecule has 0 saturated carbocycles. The fraction of sp³-hybridized carbons (Fsp3) is 0.0270. The number of anilines is 3. The van der Waals surface area contributed by atoms with Crippen molar-refractivity contribution in [3.05, 3.63) is 162 Å². The number of fused-ring (bicyclic) bond motifs is 4. The van der Waals surface area contributed by atoms with Crippen LogP contribution in [0, 0.1) is 0 Å². The smallest absolute Gasteiger partial charge is 0.0601 e. The van der Waals surface area contributed by atoms with Gasteiger partial charge in [-0.3, -0.25) is 0 Å². The highest BCUT2D eigenvalue weighted by Gasteiger charge is 2.27. The minimum Gasteiger partial charge on any atom is -0.308 e. The number of rotatable bonds is 3. The lowest BCUT2D eigenvalue weighted by molar-refractivity contribution is 0.902. The van der Waals surface area contributed by atoms with Gasteiger partial charge < -0.3 is 4.90 Å². The number of para-hydroxylation sites is 2. The van der Waals surface area contributed by atoms with Crippen LogP contribution in [-0.4, -0.2) is 0 Å². The molecule has 8 rings (SSSR count). The monoisotopic (exact) mass is 547 g/mol. The summed E-state index contributed by atoms with van der Waals surface area (Å²) in [4.78, 5) is 7.65. The van der Waals surface area contributed by atoms with Crippen LogP contribution < -0.4 is 4.90 Å². The van der Waals surface area contributed by atoms with E-state index in [2.05, 4.69) is 150 Å². The molecule has 2 heterocycles. The molecule has 0 fully saturated rings. The summed E-state index contributed by atoms with van der Waals surface area (Å²) in [6.07, 6.45) is 0. The Morgan fingerprint density at radius 3 is 1.38 bits per heavy atom. The summed E-state index contributed by atoms with van der Waals surface area (Å²) < 4.78 is 0. The fourth-order valence-corrected chi connectivity index (χ4v) is 8.12. The maximum absolute atomic E-state index is 2.38. The van der Waals surface area contributed by atoms with Gasteiger partial charge in [0, 0.05) is 31.2 Å². The standard InChI is InChI=1S/C37H25NS2/c1-5-13-33-29(9-1)37(30-10-2-6-14-34(30)39-33)27-19-17-25(18-20-27)26-21-23-28(24-22-26)38-31-11-3-7-15-35(31)40-36-16-8-4-12-32(36)38/h1-24,37H. The van der Waals surface area contributed by atoms with Gasteiger partial charge in [0.15, 0.2) is 0 Å². The molecule has 6 aromatic carbocycles. The number of hydrogen-bond acceptors (Lipinski definition) is 3. The quantitative estimate of drug-likeness (QED) is 0.217. The summed E-state index contributed by atoms with van der Waals surface area (Å²) in [5.74, 6) is 0.252. The van der Waals surface area contributed by atoms with E-state index in [1.807, 2.05) is 23.5 Å². The van der Waals surface area contributed by atoms with Gasteiger partial charge in [-0.15, -0.1) is 0 Å². The Balaban J connectivity index is 1.13. The molecule has 0 aliphatic carbocycles. The average Bonchev–Trinajstić information content (AvgIpc) is 3.03. The first-order valence-corrected chi connectivity index (χ1v) is 15.2. The van der Waals surface area contributed by atoms with Crippen molar-refractivity contribution in [3.63, 3.8) is 0 Å². The molecule has 40 heavy (non-hydrogen) atoms. The molecule has 0 spiro atoms. The zero-order valence-corrected chi connectivity index (χ0v) is 23.3. The van der Waals surface area contributed by atoms with E-state index in [0.29, 0.717) is 0 Å². The van der Waals surface area contributed by atoms with Gasteiger partial charge in [-0.2, -0.15) is 0 Å². The van der Waals surface area contributed by atoms with Gasteiger partial charge in [0.05, 0.1) is 11.4 Å². The Bertz CT molecular complexity index is 1630. The summed E-state index contributed by atoms with van der Waals surface area (Å²) in [7, 11) is 0. The van der Waals surface area contributed by atoms with Crippen LogP contribution in [0.4, 0.5) is 17.1 Å². The van der Waals surface area contributed by atoms with Crippen molar-refractivity contribution in [3.8, 4) is 11.1 Å². The summed E-state index contributed by atoms with van der Waals surface area (Å²) in [6.45, 7) is 0. The highest BCUT2D eigenvalue weighted by atomic mass is 32.2. The third kappa shape index (κ3) is 3.97.